The molecule has 1 rings (SSSR count). The summed E-state index contributed by atoms with van der Waals surface area (Å²) < 4.78 is 5.11. The molecule has 1 saturated heterocycles. The van der Waals surface area contributed by atoms with Gasteiger partial charge in [0, 0.05) is 31.1 Å². The van der Waals surface area contributed by atoms with E-state index in [1.54, 1.807) is 0 Å². The molecule has 98 valence electrons. The standard InChI is InChI=1S/C11H14ClN3O3/c1-7(12)8(14)9(16)10(17)15-11(6-13)2-4-18-5-3-11/h2-5,14H2,1H3,(H,15,17)/b8-7+. The zero-order valence-electron chi connectivity index (χ0n) is 9.96. The molecule has 1 aliphatic rings. The summed E-state index contributed by atoms with van der Waals surface area (Å²) in [5, 5.41) is 11.6. The number of Topliss-reactive ketones (excluding diaryl/α,β-unsaturated/α-hetero) is 1. The van der Waals surface area contributed by atoms with E-state index in [4.69, 9.17) is 27.3 Å². The van der Waals surface area contributed by atoms with Crippen LogP contribution in [0, 0.1) is 11.3 Å². The predicted molar refractivity (Wildman–Crippen MR) is 64.3 cm³/mol. The van der Waals surface area contributed by atoms with Crippen LogP contribution in [0.25, 0.3) is 0 Å². The van der Waals surface area contributed by atoms with Crippen molar-refractivity contribution in [2.75, 3.05) is 13.2 Å². The molecule has 0 aromatic carbocycles. The molecule has 0 radical (unpaired) electrons. The van der Waals surface area contributed by atoms with Crippen LogP contribution < -0.4 is 11.1 Å². The van der Waals surface area contributed by atoms with Gasteiger partial charge in [0.1, 0.15) is 5.54 Å². The summed E-state index contributed by atoms with van der Waals surface area (Å²) >= 11 is 5.55. The van der Waals surface area contributed by atoms with Gasteiger partial charge in [0.15, 0.2) is 0 Å². The summed E-state index contributed by atoms with van der Waals surface area (Å²) in [5.41, 5.74) is 4.01. The van der Waals surface area contributed by atoms with Gasteiger partial charge in [0.2, 0.25) is 0 Å². The van der Waals surface area contributed by atoms with Crippen molar-refractivity contribution in [3.8, 4) is 6.07 Å². The van der Waals surface area contributed by atoms with E-state index >= 15 is 0 Å². The van der Waals surface area contributed by atoms with E-state index in [1.165, 1.54) is 6.92 Å². The van der Waals surface area contributed by atoms with Crippen molar-refractivity contribution in [2.45, 2.75) is 25.3 Å². The lowest BCUT2D eigenvalue weighted by Gasteiger charge is -2.31. The molecule has 0 unspecified atom stereocenters. The van der Waals surface area contributed by atoms with E-state index in [1.807, 2.05) is 6.07 Å². The van der Waals surface area contributed by atoms with Crippen molar-refractivity contribution >= 4 is 23.3 Å². The van der Waals surface area contributed by atoms with Crippen molar-refractivity contribution in [1.29, 1.82) is 5.26 Å². The normalized spacial score (nSPS) is 19.4. The van der Waals surface area contributed by atoms with Crippen LogP contribution >= 0.6 is 11.6 Å². The number of halogens is 1. The predicted octanol–water partition coefficient (Wildman–Crippen LogP) is 0.173. The van der Waals surface area contributed by atoms with Gasteiger partial charge < -0.3 is 15.8 Å². The Morgan fingerprint density at radius 3 is 2.44 bits per heavy atom. The minimum Gasteiger partial charge on any atom is -0.394 e. The highest BCUT2D eigenvalue weighted by Crippen LogP contribution is 2.19. The first-order valence-electron chi connectivity index (χ1n) is 5.39. The van der Waals surface area contributed by atoms with E-state index in [0.717, 1.165) is 0 Å². The van der Waals surface area contributed by atoms with Gasteiger partial charge in [-0.05, 0) is 6.92 Å². The maximum atomic E-state index is 11.7. The number of nitriles is 1. The first-order chi connectivity index (χ1) is 8.42. The largest absolute Gasteiger partial charge is 0.394 e. The molecule has 3 N–H and O–H groups in total. The van der Waals surface area contributed by atoms with Crippen molar-refractivity contribution in [3.63, 3.8) is 0 Å². The molecule has 18 heavy (non-hydrogen) atoms. The Bertz CT molecular complexity index is 429. The van der Waals surface area contributed by atoms with Gasteiger partial charge in [-0.2, -0.15) is 5.26 Å². The molecule has 1 amide bonds. The van der Waals surface area contributed by atoms with Crippen LogP contribution in [0.1, 0.15) is 19.8 Å². The van der Waals surface area contributed by atoms with Crippen molar-refractivity contribution in [1.82, 2.24) is 5.32 Å². The minimum atomic E-state index is -1.06. The zero-order valence-corrected chi connectivity index (χ0v) is 10.7. The van der Waals surface area contributed by atoms with E-state index in [2.05, 4.69) is 5.32 Å². The Morgan fingerprint density at radius 1 is 1.44 bits per heavy atom. The second kappa shape index (κ2) is 5.85. The van der Waals surface area contributed by atoms with Gasteiger partial charge in [0.05, 0.1) is 11.8 Å². The number of nitrogens with two attached hydrogens (primary N) is 1. The lowest BCUT2D eigenvalue weighted by molar-refractivity contribution is -0.137. The summed E-state index contributed by atoms with van der Waals surface area (Å²) in [5.74, 6) is -1.85. The second-order valence-electron chi connectivity index (χ2n) is 4.04. The monoisotopic (exact) mass is 271 g/mol. The van der Waals surface area contributed by atoms with E-state index in [-0.39, 0.29) is 10.7 Å². The highest BCUT2D eigenvalue weighted by atomic mass is 35.5. The lowest BCUT2D eigenvalue weighted by atomic mass is 9.91. The van der Waals surface area contributed by atoms with Crippen LogP contribution in [0.4, 0.5) is 0 Å². The maximum absolute atomic E-state index is 11.7. The fourth-order valence-corrected chi connectivity index (χ4v) is 1.62. The van der Waals surface area contributed by atoms with Gasteiger partial charge in [-0.1, -0.05) is 11.6 Å². The van der Waals surface area contributed by atoms with Gasteiger partial charge in [-0.25, -0.2) is 0 Å². The molecule has 0 aliphatic carbocycles. The van der Waals surface area contributed by atoms with Gasteiger partial charge >= 0.3 is 0 Å². The number of nitrogens with one attached hydrogen (secondary N) is 1. The third-order valence-electron chi connectivity index (χ3n) is 2.74. The summed E-state index contributed by atoms with van der Waals surface area (Å²) in [6, 6.07) is 2.02. The molecule has 7 heteroatoms. The molecule has 0 atom stereocenters. The van der Waals surface area contributed by atoms with Crippen molar-refractivity contribution < 1.29 is 14.3 Å². The zero-order chi connectivity index (χ0) is 13.8. The van der Waals surface area contributed by atoms with Gasteiger partial charge in [-0.15, -0.1) is 0 Å². The summed E-state index contributed by atoms with van der Waals surface area (Å²) in [6.45, 7) is 2.14. The topological polar surface area (TPSA) is 105 Å². The third kappa shape index (κ3) is 3.22. The molecule has 0 bridgehead atoms. The second-order valence-corrected chi connectivity index (χ2v) is 4.60. The first-order valence-corrected chi connectivity index (χ1v) is 5.77. The quantitative estimate of drug-likeness (QED) is 0.562. The molecule has 1 fully saturated rings. The van der Waals surface area contributed by atoms with E-state index in [0.29, 0.717) is 26.1 Å². The molecular weight excluding hydrogens is 258 g/mol. The van der Waals surface area contributed by atoms with Crippen LogP contribution in [0.2, 0.25) is 0 Å². The molecule has 0 aromatic heterocycles. The number of nitrogens with zero attached hydrogens (tertiary/aromatic N) is 1. The van der Waals surface area contributed by atoms with Crippen LogP contribution in [0.3, 0.4) is 0 Å². The molecule has 6 nitrogen and oxygen atoms in total. The van der Waals surface area contributed by atoms with E-state index in [9.17, 15) is 9.59 Å². The number of amides is 1. The number of carbonyl (C=O) groups is 2. The molecule has 1 heterocycles. The number of ether oxygens (including phenoxy) is 1. The summed E-state index contributed by atoms with van der Waals surface area (Å²) in [4.78, 5) is 23.3. The Labute approximate surface area is 110 Å². The highest BCUT2D eigenvalue weighted by molar-refractivity contribution is 6.45. The number of hydrogen-bond donors (Lipinski definition) is 2. The molecule has 0 spiro atoms. The SMILES string of the molecule is C/C(Cl)=C(\N)C(=O)C(=O)NC1(C#N)CCOCC1. The van der Waals surface area contributed by atoms with Crippen LogP contribution in [-0.2, 0) is 14.3 Å². The number of hydrogen-bond acceptors (Lipinski definition) is 5. The molecular formula is C11H14ClN3O3. The Kier molecular flexibility index (Phi) is 4.70. The number of allylic oxidation sites excluding steroid dienone is 1. The molecule has 0 saturated carbocycles. The van der Waals surface area contributed by atoms with Crippen molar-refractivity contribution in [3.05, 3.63) is 10.7 Å². The van der Waals surface area contributed by atoms with Crippen LogP contribution in [-0.4, -0.2) is 30.4 Å². The fraction of sp³-hybridized carbons (Fsp3) is 0.545. The average Bonchev–Trinajstić information content (AvgIpc) is 2.37. The van der Waals surface area contributed by atoms with Crippen LogP contribution in [0.15, 0.2) is 10.7 Å². The Hall–Kier alpha value is -1.58. The smallest absolute Gasteiger partial charge is 0.295 e. The number of ketones is 1. The first kappa shape index (κ1) is 14.5. The van der Waals surface area contributed by atoms with E-state index < -0.39 is 17.2 Å². The third-order valence-corrected chi connectivity index (χ3v) is 2.94. The average molecular weight is 272 g/mol. The number of rotatable bonds is 3. The van der Waals surface area contributed by atoms with Crippen LogP contribution in [0.5, 0.6) is 0 Å². The minimum absolute atomic E-state index is 0.0492. The highest BCUT2D eigenvalue weighted by Gasteiger charge is 2.36. The fourth-order valence-electron chi connectivity index (χ4n) is 1.54. The Balaban J connectivity index is 2.78. The van der Waals surface area contributed by atoms with Crippen molar-refractivity contribution in [2.24, 2.45) is 5.73 Å². The van der Waals surface area contributed by atoms with Gasteiger partial charge in [-0.3, -0.25) is 9.59 Å². The summed E-state index contributed by atoms with van der Waals surface area (Å²) in [7, 11) is 0. The van der Waals surface area contributed by atoms with Gasteiger partial charge in [0.25, 0.3) is 11.7 Å². The lowest BCUT2D eigenvalue weighted by Crippen LogP contribution is -2.53. The summed E-state index contributed by atoms with van der Waals surface area (Å²) in [6.07, 6.45) is 0.679. The molecule has 0 aromatic rings. The molecule has 1 aliphatic heterocycles. The number of carbonyl (C=O) groups excluding carboxylic acids is 2. The maximum Gasteiger partial charge on any atom is 0.295 e. The Morgan fingerprint density at radius 2 is 2.00 bits per heavy atom.